The van der Waals surface area contributed by atoms with Gasteiger partial charge in [-0.2, -0.15) is 0 Å². The number of nitrogens with zero attached hydrogens (tertiary/aromatic N) is 1. The van der Waals surface area contributed by atoms with Crippen LogP contribution in [0.2, 0.25) is 0 Å². The van der Waals surface area contributed by atoms with Crippen molar-refractivity contribution in [3.63, 3.8) is 0 Å². The third-order valence-electron chi connectivity index (χ3n) is 3.62. The average molecular weight is 291 g/mol. The van der Waals surface area contributed by atoms with Crippen LogP contribution in [0.1, 0.15) is 53.6 Å². The Balaban J connectivity index is 2.10. The summed E-state index contributed by atoms with van der Waals surface area (Å²) >= 11 is 1.42. The monoisotopic (exact) mass is 291 g/mol. The predicted molar refractivity (Wildman–Crippen MR) is 81.9 cm³/mol. The topological polar surface area (TPSA) is 40.5 Å². The lowest BCUT2D eigenvalue weighted by atomic mass is 9.98. The van der Waals surface area contributed by atoms with Gasteiger partial charge in [-0.05, 0) is 37.8 Å². The van der Waals surface area contributed by atoms with E-state index in [4.69, 9.17) is 5.11 Å². The van der Waals surface area contributed by atoms with Crippen LogP contribution in [0.25, 0.3) is 0 Å². The maximum atomic E-state index is 12.6. The van der Waals surface area contributed by atoms with Gasteiger partial charge < -0.3 is 10.0 Å². The SMILES string of the molecule is CCCC1CCCCN1C(=O)c1ccc(C#CCO)s1. The highest BCUT2D eigenvalue weighted by Crippen LogP contribution is 2.25. The average Bonchev–Trinajstić information content (AvgIpc) is 2.94. The van der Waals surface area contributed by atoms with Crippen molar-refractivity contribution in [1.82, 2.24) is 4.90 Å². The second-order valence-electron chi connectivity index (χ2n) is 5.06. The summed E-state index contributed by atoms with van der Waals surface area (Å²) in [4.78, 5) is 16.3. The lowest BCUT2D eigenvalue weighted by Crippen LogP contribution is -2.43. The summed E-state index contributed by atoms with van der Waals surface area (Å²) in [6.45, 7) is 2.90. The molecule has 4 heteroatoms. The number of carbonyl (C=O) groups is 1. The molecule has 2 heterocycles. The molecule has 2 rings (SSSR count). The number of thiophene rings is 1. The summed E-state index contributed by atoms with van der Waals surface area (Å²) < 4.78 is 0. The Morgan fingerprint density at radius 3 is 3.10 bits per heavy atom. The quantitative estimate of drug-likeness (QED) is 0.870. The van der Waals surface area contributed by atoms with E-state index in [0.29, 0.717) is 6.04 Å². The van der Waals surface area contributed by atoms with E-state index in [1.54, 1.807) is 0 Å². The Morgan fingerprint density at radius 2 is 2.35 bits per heavy atom. The van der Waals surface area contributed by atoms with E-state index in [1.165, 1.54) is 17.8 Å². The zero-order valence-electron chi connectivity index (χ0n) is 11.9. The fourth-order valence-electron chi connectivity index (χ4n) is 2.69. The molecule has 3 nitrogen and oxygen atoms in total. The Bertz CT molecular complexity index is 510. The van der Waals surface area contributed by atoms with Crippen molar-refractivity contribution in [3.8, 4) is 11.8 Å². The Hall–Kier alpha value is -1.31. The Labute approximate surface area is 124 Å². The van der Waals surface area contributed by atoms with Gasteiger partial charge in [0.25, 0.3) is 5.91 Å². The maximum Gasteiger partial charge on any atom is 0.264 e. The van der Waals surface area contributed by atoms with Crippen molar-refractivity contribution >= 4 is 17.2 Å². The molecule has 1 aromatic rings. The molecule has 108 valence electrons. The lowest BCUT2D eigenvalue weighted by molar-refractivity contribution is 0.0605. The molecule has 1 aliphatic heterocycles. The lowest BCUT2D eigenvalue weighted by Gasteiger charge is -2.35. The van der Waals surface area contributed by atoms with E-state index < -0.39 is 0 Å². The molecule has 0 aromatic carbocycles. The molecule has 0 radical (unpaired) electrons. The zero-order valence-corrected chi connectivity index (χ0v) is 12.7. The molecule has 20 heavy (non-hydrogen) atoms. The molecule has 1 unspecified atom stereocenters. The molecule has 1 aliphatic rings. The highest BCUT2D eigenvalue weighted by Gasteiger charge is 2.27. The van der Waals surface area contributed by atoms with Gasteiger partial charge in [-0.3, -0.25) is 4.79 Å². The maximum absolute atomic E-state index is 12.6. The largest absolute Gasteiger partial charge is 0.384 e. The minimum atomic E-state index is -0.147. The summed E-state index contributed by atoms with van der Waals surface area (Å²) in [6, 6.07) is 4.11. The number of hydrogen-bond acceptors (Lipinski definition) is 3. The Kier molecular flexibility index (Phi) is 5.63. The number of hydrogen-bond donors (Lipinski definition) is 1. The fraction of sp³-hybridized carbons (Fsp3) is 0.562. The van der Waals surface area contributed by atoms with Crippen molar-refractivity contribution in [2.45, 2.75) is 45.1 Å². The van der Waals surface area contributed by atoms with E-state index in [-0.39, 0.29) is 12.5 Å². The van der Waals surface area contributed by atoms with Gasteiger partial charge in [-0.25, -0.2) is 0 Å². The first kappa shape index (κ1) is 15.1. The van der Waals surface area contributed by atoms with E-state index in [2.05, 4.69) is 18.8 Å². The highest BCUT2D eigenvalue weighted by molar-refractivity contribution is 7.14. The van der Waals surface area contributed by atoms with Crippen molar-refractivity contribution in [1.29, 1.82) is 0 Å². The fourth-order valence-corrected chi connectivity index (χ4v) is 3.53. The highest BCUT2D eigenvalue weighted by atomic mass is 32.1. The molecule has 1 aromatic heterocycles. The van der Waals surface area contributed by atoms with Crippen molar-refractivity contribution in [2.24, 2.45) is 0 Å². The van der Waals surface area contributed by atoms with Gasteiger partial charge in [0.2, 0.25) is 0 Å². The van der Waals surface area contributed by atoms with Gasteiger partial charge in [0, 0.05) is 12.6 Å². The second kappa shape index (κ2) is 7.47. The zero-order chi connectivity index (χ0) is 14.4. The third kappa shape index (κ3) is 3.62. The summed E-state index contributed by atoms with van der Waals surface area (Å²) in [5, 5.41) is 8.70. The molecule has 0 aliphatic carbocycles. The minimum absolute atomic E-state index is 0.144. The summed E-state index contributed by atoms with van der Waals surface area (Å²) in [7, 11) is 0. The number of likely N-dealkylation sites (tertiary alicyclic amines) is 1. The first-order valence-corrected chi connectivity index (χ1v) is 8.08. The van der Waals surface area contributed by atoms with Crippen molar-refractivity contribution in [3.05, 3.63) is 21.9 Å². The Morgan fingerprint density at radius 1 is 1.50 bits per heavy atom. The van der Waals surface area contributed by atoms with E-state index in [9.17, 15) is 4.79 Å². The van der Waals surface area contributed by atoms with Crippen LogP contribution in [-0.2, 0) is 0 Å². The molecule has 1 saturated heterocycles. The molecular weight excluding hydrogens is 270 g/mol. The van der Waals surface area contributed by atoms with E-state index >= 15 is 0 Å². The van der Waals surface area contributed by atoms with Gasteiger partial charge in [0.1, 0.15) is 6.61 Å². The number of amides is 1. The number of aliphatic hydroxyl groups is 1. The molecule has 1 fully saturated rings. The normalized spacial score (nSPS) is 18.5. The van der Waals surface area contributed by atoms with Gasteiger partial charge >= 0.3 is 0 Å². The van der Waals surface area contributed by atoms with Crippen LogP contribution in [0.3, 0.4) is 0 Å². The molecule has 0 saturated carbocycles. The number of piperidine rings is 1. The summed E-state index contributed by atoms with van der Waals surface area (Å²) in [6.07, 6.45) is 5.67. The van der Waals surface area contributed by atoms with Crippen LogP contribution in [0.4, 0.5) is 0 Å². The minimum Gasteiger partial charge on any atom is -0.384 e. The summed E-state index contributed by atoms with van der Waals surface area (Å²) in [5.74, 6) is 5.62. The van der Waals surface area contributed by atoms with E-state index in [1.807, 2.05) is 17.0 Å². The first-order chi connectivity index (χ1) is 9.76. The molecule has 1 atom stereocenters. The van der Waals surface area contributed by atoms with Crippen LogP contribution in [0.15, 0.2) is 12.1 Å². The second-order valence-corrected chi connectivity index (χ2v) is 6.14. The summed E-state index contributed by atoms with van der Waals surface area (Å²) in [5.41, 5.74) is 0. The van der Waals surface area contributed by atoms with Crippen LogP contribution in [0.5, 0.6) is 0 Å². The molecule has 1 N–H and O–H groups in total. The standard InChI is InChI=1S/C16H21NO2S/c1-2-6-13-7-3-4-11-17(13)16(19)15-10-9-14(20-15)8-5-12-18/h9-10,13,18H,2-4,6-7,11-12H2,1H3. The van der Waals surface area contributed by atoms with Gasteiger partial charge in [0.05, 0.1) is 9.75 Å². The molecule has 0 spiro atoms. The van der Waals surface area contributed by atoms with Crippen LogP contribution < -0.4 is 0 Å². The number of rotatable bonds is 3. The predicted octanol–water partition coefficient (Wildman–Crippen LogP) is 2.89. The van der Waals surface area contributed by atoms with E-state index in [0.717, 1.165) is 42.0 Å². The number of carbonyl (C=O) groups excluding carboxylic acids is 1. The van der Waals surface area contributed by atoms with Crippen molar-refractivity contribution < 1.29 is 9.90 Å². The van der Waals surface area contributed by atoms with Crippen LogP contribution in [-0.4, -0.2) is 35.1 Å². The first-order valence-electron chi connectivity index (χ1n) is 7.26. The molecule has 0 bridgehead atoms. The third-order valence-corrected chi connectivity index (χ3v) is 4.61. The van der Waals surface area contributed by atoms with Crippen LogP contribution in [0, 0.1) is 11.8 Å². The molecular formula is C16H21NO2S. The number of aliphatic hydroxyl groups excluding tert-OH is 1. The van der Waals surface area contributed by atoms with Gasteiger partial charge in [0.15, 0.2) is 0 Å². The van der Waals surface area contributed by atoms with Gasteiger partial charge in [-0.1, -0.05) is 25.2 Å². The van der Waals surface area contributed by atoms with Crippen molar-refractivity contribution in [2.75, 3.05) is 13.2 Å². The molecule has 1 amide bonds. The van der Waals surface area contributed by atoms with Crippen LogP contribution >= 0.6 is 11.3 Å². The smallest absolute Gasteiger partial charge is 0.264 e. The van der Waals surface area contributed by atoms with Gasteiger partial charge in [-0.15, -0.1) is 11.3 Å².